The van der Waals surface area contributed by atoms with Crippen molar-refractivity contribution >= 4 is 5.97 Å². The molecule has 2 aromatic rings. The number of ether oxygens (including phenoxy) is 2. The van der Waals surface area contributed by atoms with Gasteiger partial charge in [0.15, 0.2) is 0 Å². The number of para-hydroxylation sites is 2. The molecule has 2 atom stereocenters. The zero-order chi connectivity index (χ0) is 18.9. The molecule has 3 saturated heterocycles. The fourth-order valence-electron chi connectivity index (χ4n) is 5.93. The van der Waals surface area contributed by atoms with Crippen molar-refractivity contribution < 1.29 is 23.9 Å². The van der Waals surface area contributed by atoms with E-state index in [1.807, 2.05) is 24.3 Å². The summed E-state index contributed by atoms with van der Waals surface area (Å²) >= 11 is 0. The van der Waals surface area contributed by atoms with Gasteiger partial charge >= 0.3 is 5.97 Å². The number of fused-ring (bicyclic) bond motifs is 2. The Morgan fingerprint density at radius 1 is 0.964 bits per heavy atom. The largest absolute Gasteiger partial charge is 0.459 e. The smallest absolute Gasteiger partial charge is 0.348 e. The monoisotopic (exact) mass is 378 g/mol. The molecule has 4 aliphatic rings. The van der Waals surface area contributed by atoms with Gasteiger partial charge in [0.05, 0.1) is 12.1 Å². The van der Waals surface area contributed by atoms with Gasteiger partial charge < -0.3 is 19.1 Å². The van der Waals surface area contributed by atoms with E-state index in [9.17, 15) is 9.90 Å². The van der Waals surface area contributed by atoms with Gasteiger partial charge in [0.1, 0.15) is 30.7 Å². The molecule has 2 bridgehead atoms. The lowest BCUT2D eigenvalue weighted by Crippen LogP contribution is -2.50. The molecule has 5 heteroatoms. The van der Waals surface area contributed by atoms with Gasteiger partial charge in [-0.05, 0) is 12.1 Å². The lowest BCUT2D eigenvalue weighted by atomic mass is 9.83. The van der Waals surface area contributed by atoms with Crippen LogP contribution in [-0.4, -0.2) is 46.8 Å². The van der Waals surface area contributed by atoms with Crippen LogP contribution in [0.5, 0.6) is 11.5 Å². The summed E-state index contributed by atoms with van der Waals surface area (Å²) in [5.41, 5.74) is -0.938. The molecule has 144 valence electrons. The summed E-state index contributed by atoms with van der Waals surface area (Å²) < 4.78 is 13.2. The molecule has 0 amide bonds. The summed E-state index contributed by atoms with van der Waals surface area (Å²) in [4.78, 5) is 13.4. The van der Waals surface area contributed by atoms with Crippen molar-refractivity contribution in [1.82, 2.24) is 0 Å². The molecule has 0 saturated carbocycles. The van der Waals surface area contributed by atoms with Crippen LogP contribution in [0.1, 0.15) is 36.8 Å². The summed E-state index contributed by atoms with van der Waals surface area (Å²) in [5.74, 6) is 0.412. The molecular weight excluding hydrogens is 354 g/mol. The van der Waals surface area contributed by atoms with Crippen LogP contribution < -0.4 is 4.74 Å². The Morgan fingerprint density at radius 2 is 1.50 bits per heavy atom. The van der Waals surface area contributed by atoms with E-state index in [1.54, 1.807) is 24.3 Å². The third kappa shape index (κ3) is 2.12. The number of aliphatic hydroxyl groups is 1. The summed E-state index contributed by atoms with van der Waals surface area (Å²) in [7, 11) is 0. The first-order valence-electron chi connectivity index (χ1n) is 10.3. The number of piperidine rings is 1. The minimum atomic E-state index is -1.84. The van der Waals surface area contributed by atoms with E-state index in [0.29, 0.717) is 34.7 Å². The number of carbonyl (C=O) groups is 1. The minimum Gasteiger partial charge on any atom is -0.459 e. The van der Waals surface area contributed by atoms with Crippen LogP contribution in [0, 0.1) is 0 Å². The Hall–Kier alpha value is -2.37. The second-order valence-electron chi connectivity index (χ2n) is 8.74. The first kappa shape index (κ1) is 16.6. The van der Waals surface area contributed by atoms with E-state index in [-0.39, 0.29) is 6.10 Å². The van der Waals surface area contributed by atoms with Crippen LogP contribution >= 0.6 is 0 Å². The van der Waals surface area contributed by atoms with Gasteiger partial charge in [-0.3, -0.25) is 0 Å². The highest BCUT2D eigenvalue weighted by Gasteiger charge is 2.62. The number of hydrogen-bond donors (Lipinski definition) is 1. The van der Waals surface area contributed by atoms with Crippen molar-refractivity contribution in [3.05, 3.63) is 59.7 Å². The highest BCUT2D eigenvalue weighted by atomic mass is 16.6. The van der Waals surface area contributed by atoms with Crippen LogP contribution in [0.15, 0.2) is 48.5 Å². The first-order chi connectivity index (χ1) is 13.6. The number of quaternary nitrogens is 1. The minimum absolute atomic E-state index is 0.111. The highest BCUT2D eigenvalue weighted by Crippen LogP contribution is 2.51. The normalized spacial score (nSPS) is 30.1. The van der Waals surface area contributed by atoms with Crippen molar-refractivity contribution in [1.29, 1.82) is 0 Å². The van der Waals surface area contributed by atoms with Crippen molar-refractivity contribution in [3.8, 4) is 11.5 Å². The first-order valence-corrected chi connectivity index (χ1v) is 10.3. The lowest BCUT2D eigenvalue weighted by Gasteiger charge is -2.39. The molecule has 5 nitrogen and oxygen atoms in total. The number of carbonyl (C=O) groups excluding carboxylic acids is 1. The average Bonchev–Trinajstić information content (AvgIpc) is 3.46. The fraction of sp³-hybridized carbons (Fsp3) is 0.435. The fourth-order valence-corrected chi connectivity index (χ4v) is 5.93. The zero-order valence-corrected chi connectivity index (χ0v) is 15.7. The standard InChI is InChI=1S/C23H24NO4/c25-22(27-17-13-15-9-10-16(14-17)24(15)11-12-24)23(26)18-5-1-3-7-20(18)28-21-8-4-2-6-19(21)23/h1-8,15-17,26H,9-14H2/q+1. The third-order valence-corrected chi connectivity index (χ3v) is 7.44. The molecule has 0 aromatic heterocycles. The summed E-state index contributed by atoms with van der Waals surface area (Å²) in [5, 5.41) is 11.7. The summed E-state index contributed by atoms with van der Waals surface area (Å²) in [6.45, 7) is 2.58. The number of benzene rings is 2. The van der Waals surface area contributed by atoms with Crippen molar-refractivity contribution in [3.63, 3.8) is 0 Å². The molecule has 6 rings (SSSR count). The van der Waals surface area contributed by atoms with E-state index in [0.717, 1.165) is 12.8 Å². The summed E-state index contributed by atoms with van der Waals surface area (Å²) in [6.07, 6.45) is 4.20. The maximum Gasteiger partial charge on any atom is 0.348 e. The number of esters is 1. The summed E-state index contributed by atoms with van der Waals surface area (Å²) in [6, 6.07) is 15.6. The van der Waals surface area contributed by atoms with Crippen LogP contribution in [-0.2, 0) is 15.1 Å². The zero-order valence-electron chi connectivity index (χ0n) is 15.7. The van der Waals surface area contributed by atoms with Gasteiger partial charge in [-0.2, -0.15) is 0 Å². The van der Waals surface area contributed by atoms with Crippen molar-refractivity contribution in [2.24, 2.45) is 0 Å². The van der Waals surface area contributed by atoms with Gasteiger partial charge in [-0.25, -0.2) is 4.79 Å². The van der Waals surface area contributed by atoms with Gasteiger partial charge in [0.25, 0.3) is 0 Å². The molecule has 28 heavy (non-hydrogen) atoms. The molecule has 0 radical (unpaired) electrons. The molecule has 1 N–H and O–H groups in total. The van der Waals surface area contributed by atoms with Crippen LogP contribution in [0.25, 0.3) is 0 Å². The van der Waals surface area contributed by atoms with E-state index >= 15 is 0 Å². The molecule has 2 unspecified atom stereocenters. The predicted molar refractivity (Wildman–Crippen MR) is 102 cm³/mol. The van der Waals surface area contributed by atoms with Crippen LogP contribution in [0.4, 0.5) is 0 Å². The Morgan fingerprint density at radius 3 is 2.04 bits per heavy atom. The number of rotatable bonds is 2. The molecule has 2 aromatic carbocycles. The van der Waals surface area contributed by atoms with E-state index in [1.165, 1.54) is 30.4 Å². The third-order valence-electron chi connectivity index (χ3n) is 7.44. The van der Waals surface area contributed by atoms with Crippen molar-refractivity contribution in [2.75, 3.05) is 13.1 Å². The van der Waals surface area contributed by atoms with Crippen LogP contribution in [0.2, 0.25) is 0 Å². The SMILES string of the molecule is O=C(OC1CC2CCC(C1)[N+]21CC1)C1(O)c2ccccc2Oc2ccccc21. The second-order valence-corrected chi connectivity index (χ2v) is 8.74. The van der Waals surface area contributed by atoms with Crippen LogP contribution in [0.3, 0.4) is 0 Å². The Labute approximate surface area is 164 Å². The average molecular weight is 378 g/mol. The van der Waals surface area contributed by atoms with Gasteiger partial charge in [-0.1, -0.05) is 36.4 Å². The lowest BCUT2D eigenvalue weighted by molar-refractivity contribution is -0.846. The van der Waals surface area contributed by atoms with Gasteiger partial charge in [0.2, 0.25) is 5.60 Å². The predicted octanol–water partition coefficient (Wildman–Crippen LogP) is 3.10. The maximum absolute atomic E-state index is 13.4. The Bertz CT molecular complexity index is 905. The number of hydrogen-bond acceptors (Lipinski definition) is 4. The molecule has 4 aliphatic heterocycles. The highest BCUT2D eigenvalue weighted by molar-refractivity contribution is 5.88. The van der Waals surface area contributed by atoms with Gasteiger partial charge in [0, 0.05) is 36.8 Å². The molecule has 0 aliphatic carbocycles. The van der Waals surface area contributed by atoms with E-state index in [4.69, 9.17) is 9.47 Å². The molecule has 4 heterocycles. The molecular formula is C23H24NO4+. The number of nitrogens with zero attached hydrogens (tertiary/aromatic N) is 1. The molecule has 1 spiro atoms. The van der Waals surface area contributed by atoms with Gasteiger partial charge in [-0.15, -0.1) is 0 Å². The van der Waals surface area contributed by atoms with E-state index < -0.39 is 11.6 Å². The van der Waals surface area contributed by atoms with Crippen molar-refractivity contribution in [2.45, 2.75) is 49.5 Å². The Balaban J connectivity index is 1.34. The molecule has 3 fully saturated rings. The maximum atomic E-state index is 13.4. The quantitative estimate of drug-likeness (QED) is 0.496. The second kappa shape index (κ2) is 5.58. The van der Waals surface area contributed by atoms with E-state index in [2.05, 4.69) is 0 Å². The Kier molecular flexibility index (Phi) is 3.30. The topological polar surface area (TPSA) is 55.8 Å².